The van der Waals surface area contributed by atoms with E-state index in [-0.39, 0.29) is 5.41 Å². The van der Waals surface area contributed by atoms with Crippen LogP contribution in [-0.2, 0) is 11.3 Å². The molecule has 23 heavy (non-hydrogen) atoms. The minimum absolute atomic E-state index is 0.192. The standard InChI is InChI=1S/C15H21N5OS2/c1-2-15(9-19(4-1)8-13-16-3-7-22-13)10-20(5-6-21-11-15)14-18-17-12-23-14/h3,7,12H,1-2,4-6,8-11H2/t15-/m1/s1. The van der Waals surface area contributed by atoms with E-state index in [0.29, 0.717) is 0 Å². The van der Waals surface area contributed by atoms with E-state index in [4.69, 9.17) is 4.74 Å². The first-order chi connectivity index (χ1) is 11.3. The third kappa shape index (κ3) is 3.55. The highest BCUT2D eigenvalue weighted by Crippen LogP contribution is 2.35. The molecule has 1 spiro atoms. The number of nitrogens with zero attached hydrogens (tertiary/aromatic N) is 5. The summed E-state index contributed by atoms with van der Waals surface area (Å²) in [6.07, 6.45) is 4.33. The SMILES string of the molecule is c1csc(CN2CCC[C@@]3(COCCN(c4nncs4)C3)C2)n1. The number of anilines is 1. The Morgan fingerprint density at radius 2 is 2.26 bits per heavy atom. The molecule has 6 nitrogen and oxygen atoms in total. The smallest absolute Gasteiger partial charge is 0.208 e. The van der Waals surface area contributed by atoms with Gasteiger partial charge in [0.05, 0.1) is 19.8 Å². The van der Waals surface area contributed by atoms with Gasteiger partial charge in [-0.05, 0) is 19.4 Å². The fourth-order valence-electron chi connectivity index (χ4n) is 3.68. The number of hydrogen-bond donors (Lipinski definition) is 0. The monoisotopic (exact) mass is 351 g/mol. The zero-order chi connectivity index (χ0) is 15.5. The summed E-state index contributed by atoms with van der Waals surface area (Å²) in [6.45, 7) is 6.71. The molecule has 0 unspecified atom stereocenters. The molecule has 2 saturated heterocycles. The third-order valence-electron chi connectivity index (χ3n) is 4.64. The van der Waals surface area contributed by atoms with E-state index < -0.39 is 0 Å². The van der Waals surface area contributed by atoms with Gasteiger partial charge < -0.3 is 9.64 Å². The van der Waals surface area contributed by atoms with Crippen LogP contribution in [0.1, 0.15) is 17.8 Å². The summed E-state index contributed by atoms with van der Waals surface area (Å²) in [5.41, 5.74) is 2.00. The average molecular weight is 352 g/mol. The van der Waals surface area contributed by atoms with Gasteiger partial charge in [0, 0.05) is 36.6 Å². The fraction of sp³-hybridized carbons (Fsp3) is 0.667. The molecule has 2 aromatic rings. The summed E-state index contributed by atoms with van der Waals surface area (Å²) in [6, 6.07) is 0. The second-order valence-electron chi connectivity index (χ2n) is 6.44. The molecule has 2 aromatic heterocycles. The van der Waals surface area contributed by atoms with E-state index in [1.807, 2.05) is 11.7 Å². The topological polar surface area (TPSA) is 54.4 Å². The summed E-state index contributed by atoms with van der Waals surface area (Å²) in [7, 11) is 0. The molecule has 1 atom stereocenters. The number of piperidine rings is 1. The van der Waals surface area contributed by atoms with E-state index >= 15 is 0 Å². The van der Waals surface area contributed by atoms with Crippen molar-refractivity contribution in [1.82, 2.24) is 20.1 Å². The van der Waals surface area contributed by atoms with Crippen molar-refractivity contribution < 1.29 is 4.74 Å². The van der Waals surface area contributed by atoms with E-state index in [1.54, 1.807) is 22.7 Å². The van der Waals surface area contributed by atoms with Crippen LogP contribution in [0.25, 0.3) is 0 Å². The summed E-state index contributed by atoms with van der Waals surface area (Å²) in [4.78, 5) is 9.33. The van der Waals surface area contributed by atoms with Crippen LogP contribution in [0.3, 0.4) is 0 Å². The lowest BCUT2D eigenvalue weighted by atomic mass is 9.80. The summed E-state index contributed by atoms with van der Waals surface area (Å²) < 4.78 is 5.97. The molecule has 0 radical (unpaired) electrons. The van der Waals surface area contributed by atoms with Gasteiger partial charge in [0.15, 0.2) is 0 Å². The molecule has 4 rings (SSSR count). The predicted molar refractivity (Wildman–Crippen MR) is 92.0 cm³/mol. The highest BCUT2D eigenvalue weighted by Gasteiger charge is 2.39. The van der Waals surface area contributed by atoms with Crippen molar-refractivity contribution in [3.63, 3.8) is 0 Å². The van der Waals surface area contributed by atoms with Gasteiger partial charge >= 0.3 is 0 Å². The van der Waals surface area contributed by atoms with E-state index in [0.717, 1.165) is 51.1 Å². The lowest BCUT2D eigenvalue weighted by Crippen LogP contribution is -2.50. The highest BCUT2D eigenvalue weighted by atomic mass is 32.1. The number of hydrogen-bond acceptors (Lipinski definition) is 8. The minimum Gasteiger partial charge on any atom is -0.379 e. The van der Waals surface area contributed by atoms with Crippen LogP contribution in [0.5, 0.6) is 0 Å². The van der Waals surface area contributed by atoms with Crippen LogP contribution in [0.15, 0.2) is 17.1 Å². The van der Waals surface area contributed by atoms with Crippen molar-refractivity contribution in [2.75, 3.05) is 44.3 Å². The molecule has 0 amide bonds. The maximum atomic E-state index is 5.97. The lowest BCUT2D eigenvalue weighted by Gasteiger charge is -2.43. The quantitative estimate of drug-likeness (QED) is 0.844. The summed E-state index contributed by atoms with van der Waals surface area (Å²) in [5, 5.41) is 12.5. The van der Waals surface area contributed by atoms with Crippen LogP contribution in [0.2, 0.25) is 0 Å². The van der Waals surface area contributed by atoms with Crippen molar-refractivity contribution in [3.05, 3.63) is 22.1 Å². The van der Waals surface area contributed by atoms with E-state index in [2.05, 4.69) is 30.4 Å². The molecule has 0 bridgehead atoms. The Balaban J connectivity index is 1.48. The Hall–Kier alpha value is -1.09. The second-order valence-corrected chi connectivity index (χ2v) is 8.23. The average Bonchev–Trinajstić information content (AvgIpc) is 3.22. The minimum atomic E-state index is 0.192. The van der Waals surface area contributed by atoms with Gasteiger partial charge in [-0.25, -0.2) is 4.98 Å². The van der Waals surface area contributed by atoms with Gasteiger partial charge in [-0.15, -0.1) is 21.5 Å². The van der Waals surface area contributed by atoms with Crippen molar-refractivity contribution in [1.29, 1.82) is 0 Å². The maximum Gasteiger partial charge on any atom is 0.208 e. The molecule has 2 aliphatic rings. The summed E-state index contributed by atoms with van der Waals surface area (Å²) in [5.74, 6) is 0. The predicted octanol–water partition coefficient (Wildman–Crippen LogP) is 2.11. The molecule has 0 saturated carbocycles. The lowest BCUT2D eigenvalue weighted by molar-refractivity contribution is 0.0106. The molecule has 0 aromatic carbocycles. The first-order valence-corrected chi connectivity index (χ1v) is 9.79. The van der Waals surface area contributed by atoms with Gasteiger partial charge in [-0.1, -0.05) is 11.3 Å². The summed E-state index contributed by atoms with van der Waals surface area (Å²) >= 11 is 3.36. The number of aromatic nitrogens is 3. The second kappa shape index (κ2) is 6.80. The van der Waals surface area contributed by atoms with Gasteiger partial charge in [-0.2, -0.15) is 0 Å². The van der Waals surface area contributed by atoms with Crippen molar-refractivity contribution in [2.24, 2.45) is 5.41 Å². The van der Waals surface area contributed by atoms with Gasteiger partial charge in [0.2, 0.25) is 5.13 Å². The first kappa shape index (κ1) is 15.4. The fourth-order valence-corrected chi connectivity index (χ4v) is 4.92. The van der Waals surface area contributed by atoms with Crippen molar-refractivity contribution >= 4 is 27.8 Å². The van der Waals surface area contributed by atoms with Crippen LogP contribution in [0, 0.1) is 5.41 Å². The van der Waals surface area contributed by atoms with Crippen LogP contribution >= 0.6 is 22.7 Å². The molecule has 4 heterocycles. The van der Waals surface area contributed by atoms with Crippen LogP contribution in [-0.4, -0.2) is 59.5 Å². The number of likely N-dealkylation sites (tertiary alicyclic amines) is 1. The zero-order valence-electron chi connectivity index (χ0n) is 13.1. The normalized spacial score (nSPS) is 26.5. The van der Waals surface area contributed by atoms with Crippen LogP contribution < -0.4 is 4.90 Å². The van der Waals surface area contributed by atoms with Gasteiger partial charge in [0.25, 0.3) is 0 Å². The zero-order valence-corrected chi connectivity index (χ0v) is 14.7. The molecule has 2 aliphatic heterocycles. The number of ether oxygens (including phenoxy) is 1. The molecule has 2 fully saturated rings. The Kier molecular flexibility index (Phi) is 4.57. The third-order valence-corrected chi connectivity index (χ3v) is 6.16. The Morgan fingerprint density at radius 3 is 3.09 bits per heavy atom. The number of thiazole rings is 1. The number of rotatable bonds is 3. The molecule has 8 heteroatoms. The highest BCUT2D eigenvalue weighted by molar-refractivity contribution is 7.13. The van der Waals surface area contributed by atoms with E-state index in [9.17, 15) is 0 Å². The molecular formula is C15H21N5OS2. The largest absolute Gasteiger partial charge is 0.379 e. The molecule has 124 valence electrons. The van der Waals surface area contributed by atoms with Gasteiger partial charge in [-0.3, -0.25) is 4.90 Å². The molecule has 0 aliphatic carbocycles. The molecular weight excluding hydrogens is 330 g/mol. The van der Waals surface area contributed by atoms with E-state index in [1.165, 1.54) is 17.8 Å². The van der Waals surface area contributed by atoms with Crippen LogP contribution in [0.4, 0.5) is 5.13 Å². The molecule has 0 N–H and O–H groups in total. The Labute approximate surface area is 144 Å². The first-order valence-electron chi connectivity index (χ1n) is 8.03. The Morgan fingerprint density at radius 1 is 1.26 bits per heavy atom. The Bertz CT molecular complexity index is 605. The van der Waals surface area contributed by atoms with Crippen molar-refractivity contribution in [2.45, 2.75) is 19.4 Å². The maximum absolute atomic E-state index is 5.97. The van der Waals surface area contributed by atoms with Crippen molar-refractivity contribution in [3.8, 4) is 0 Å². The van der Waals surface area contributed by atoms with Gasteiger partial charge in [0.1, 0.15) is 10.5 Å².